The highest BCUT2D eigenvalue weighted by Crippen LogP contribution is 2.35. The standard InChI is InChI=1S/C29H32BrN3O6S/c1-3-40(36,37)33(24-12-13-26-27(18-24)39-15-14-38-26)20-28(34)32(19-22-10-7-11-23(30)16-22)25(29(35)31-2)17-21-8-5-4-6-9-21/h4-13,16,18,25H,3,14-15,17,19-20H2,1-2H3,(H,31,35)/t25-/m0/s1. The van der Waals surface area contributed by atoms with Gasteiger partial charge >= 0.3 is 0 Å². The fraction of sp³-hybridized carbons (Fsp3) is 0.310. The molecule has 3 aromatic carbocycles. The average molecular weight is 631 g/mol. The van der Waals surface area contributed by atoms with Crippen LogP contribution in [-0.2, 0) is 32.6 Å². The van der Waals surface area contributed by atoms with Gasteiger partial charge in [0, 0.05) is 30.6 Å². The molecule has 0 fully saturated rings. The number of rotatable bonds is 11. The summed E-state index contributed by atoms with van der Waals surface area (Å²) in [5.41, 5.74) is 1.93. The van der Waals surface area contributed by atoms with E-state index in [4.69, 9.17) is 9.47 Å². The number of nitrogens with zero attached hydrogens (tertiary/aromatic N) is 2. The predicted molar refractivity (Wildman–Crippen MR) is 157 cm³/mol. The number of anilines is 1. The minimum absolute atomic E-state index is 0.102. The molecule has 1 aliphatic heterocycles. The van der Waals surface area contributed by atoms with Crippen LogP contribution in [0.25, 0.3) is 0 Å². The SMILES string of the molecule is CCS(=O)(=O)N(CC(=O)N(Cc1cccc(Br)c1)[C@@H](Cc1ccccc1)C(=O)NC)c1ccc2c(c1)OCCO2. The monoisotopic (exact) mass is 629 g/mol. The first-order valence-corrected chi connectivity index (χ1v) is 15.3. The second kappa shape index (κ2) is 13.2. The van der Waals surface area contributed by atoms with Crippen LogP contribution in [0.5, 0.6) is 11.5 Å². The molecule has 0 radical (unpaired) electrons. The molecule has 212 valence electrons. The summed E-state index contributed by atoms with van der Waals surface area (Å²) in [6.07, 6.45) is 0.255. The number of hydrogen-bond acceptors (Lipinski definition) is 6. The number of halogens is 1. The molecule has 0 aliphatic carbocycles. The second-order valence-corrected chi connectivity index (χ2v) is 12.3. The fourth-order valence-corrected chi connectivity index (χ4v) is 5.96. The molecule has 0 bridgehead atoms. The van der Waals surface area contributed by atoms with Crippen LogP contribution in [0.15, 0.2) is 77.3 Å². The third-order valence-corrected chi connectivity index (χ3v) is 8.79. The normalized spacial score (nSPS) is 13.3. The summed E-state index contributed by atoms with van der Waals surface area (Å²) in [5, 5.41) is 2.67. The second-order valence-electron chi connectivity index (χ2n) is 9.21. The first-order chi connectivity index (χ1) is 19.2. The maximum Gasteiger partial charge on any atom is 0.244 e. The van der Waals surface area contributed by atoms with E-state index in [1.807, 2.05) is 54.6 Å². The molecule has 1 aliphatic rings. The number of fused-ring (bicyclic) bond motifs is 1. The van der Waals surface area contributed by atoms with E-state index in [1.165, 1.54) is 18.9 Å². The molecule has 3 aromatic rings. The molecule has 0 saturated heterocycles. The van der Waals surface area contributed by atoms with Crippen molar-refractivity contribution in [3.05, 3.63) is 88.4 Å². The van der Waals surface area contributed by atoms with Gasteiger partial charge in [-0.25, -0.2) is 8.42 Å². The van der Waals surface area contributed by atoms with Gasteiger partial charge in [-0.2, -0.15) is 0 Å². The number of amides is 2. The number of carbonyl (C=O) groups is 2. The Bertz CT molecular complexity index is 1450. The van der Waals surface area contributed by atoms with Gasteiger partial charge in [0.15, 0.2) is 11.5 Å². The Labute approximate surface area is 243 Å². The summed E-state index contributed by atoms with van der Waals surface area (Å²) in [4.78, 5) is 28.8. The van der Waals surface area contributed by atoms with Gasteiger partial charge in [-0.15, -0.1) is 0 Å². The lowest BCUT2D eigenvalue weighted by Gasteiger charge is -2.33. The van der Waals surface area contributed by atoms with Crippen molar-refractivity contribution in [2.24, 2.45) is 0 Å². The van der Waals surface area contributed by atoms with Crippen LogP contribution in [0.4, 0.5) is 5.69 Å². The molecule has 2 amide bonds. The Balaban J connectivity index is 1.73. The molecule has 1 atom stereocenters. The summed E-state index contributed by atoms with van der Waals surface area (Å²) in [6.45, 7) is 1.86. The van der Waals surface area contributed by atoms with Gasteiger partial charge in [-0.3, -0.25) is 13.9 Å². The van der Waals surface area contributed by atoms with Crippen molar-refractivity contribution in [2.45, 2.75) is 25.9 Å². The van der Waals surface area contributed by atoms with E-state index >= 15 is 0 Å². The number of benzene rings is 3. The summed E-state index contributed by atoms with van der Waals surface area (Å²) in [6, 6.07) is 20.7. The number of ether oxygens (including phenoxy) is 2. The third kappa shape index (κ3) is 7.14. The Kier molecular flexibility index (Phi) is 9.70. The Morgan fingerprint density at radius 2 is 1.65 bits per heavy atom. The number of carbonyl (C=O) groups excluding carboxylic acids is 2. The Morgan fingerprint density at radius 1 is 0.950 bits per heavy atom. The fourth-order valence-electron chi connectivity index (χ4n) is 4.46. The summed E-state index contributed by atoms with van der Waals surface area (Å²) in [5.74, 6) is -0.170. The largest absolute Gasteiger partial charge is 0.486 e. The smallest absolute Gasteiger partial charge is 0.244 e. The first-order valence-electron chi connectivity index (χ1n) is 12.9. The van der Waals surface area contributed by atoms with E-state index < -0.39 is 28.5 Å². The molecule has 0 spiro atoms. The van der Waals surface area contributed by atoms with Crippen molar-refractivity contribution >= 4 is 43.5 Å². The topological polar surface area (TPSA) is 105 Å². The third-order valence-electron chi connectivity index (χ3n) is 6.55. The highest BCUT2D eigenvalue weighted by atomic mass is 79.9. The van der Waals surface area contributed by atoms with E-state index in [1.54, 1.807) is 18.2 Å². The zero-order valence-corrected chi connectivity index (χ0v) is 24.8. The lowest BCUT2D eigenvalue weighted by atomic mass is 10.0. The predicted octanol–water partition coefficient (Wildman–Crippen LogP) is 3.76. The van der Waals surface area contributed by atoms with Crippen molar-refractivity contribution < 1.29 is 27.5 Å². The van der Waals surface area contributed by atoms with E-state index in [9.17, 15) is 18.0 Å². The molecule has 0 aromatic heterocycles. The van der Waals surface area contributed by atoms with Gasteiger partial charge in [0.1, 0.15) is 25.8 Å². The van der Waals surface area contributed by atoms with Crippen LogP contribution in [0.2, 0.25) is 0 Å². The number of nitrogens with one attached hydrogen (secondary N) is 1. The molecule has 9 nitrogen and oxygen atoms in total. The van der Waals surface area contributed by atoms with Gasteiger partial charge in [0.2, 0.25) is 21.8 Å². The minimum Gasteiger partial charge on any atom is -0.486 e. The molecule has 1 N–H and O–H groups in total. The summed E-state index contributed by atoms with van der Waals surface area (Å²) >= 11 is 3.47. The van der Waals surface area contributed by atoms with Crippen molar-refractivity contribution in [2.75, 3.05) is 36.9 Å². The van der Waals surface area contributed by atoms with Crippen LogP contribution in [0.3, 0.4) is 0 Å². The number of sulfonamides is 1. The Hall–Kier alpha value is -3.57. The maximum absolute atomic E-state index is 14.1. The van der Waals surface area contributed by atoms with Gasteiger partial charge in [0.25, 0.3) is 0 Å². The lowest BCUT2D eigenvalue weighted by molar-refractivity contribution is -0.139. The molecule has 0 unspecified atom stereocenters. The van der Waals surface area contributed by atoms with Crippen molar-refractivity contribution in [3.63, 3.8) is 0 Å². The molecule has 1 heterocycles. The van der Waals surface area contributed by atoms with Crippen LogP contribution in [0.1, 0.15) is 18.1 Å². The molecule has 40 heavy (non-hydrogen) atoms. The first kappa shape index (κ1) is 29.4. The van der Waals surface area contributed by atoms with Crippen LogP contribution < -0.4 is 19.1 Å². The molecular weight excluding hydrogens is 598 g/mol. The Morgan fingerprint density at radius 3 is 2.33 bits per heavy atom. The van der Waals surface area contributed by atoms with Gasteiger partial charge < -0.3 is 19.7 Å². The van der Waals surface area contributed by atoms with Gasteiger partial charge in [-0.05, 0) is 42.3 Å². The lowest BCUT2D eigenvalue weighted by Crippen LogP contribution is -2.53. The van der Waals surface area contributed by atoms with Gasteiger partial charge in [0.05, 0.1) is 11.4 Å². The number of hydrogen-bond donors (Lipinski definition) is 1. The number of likely N-dealkylation sites (N-methyl/N-ethyl adjacent to an activating group) is 1. The zero-order chi connectivity index (χ0) is 28.7. The van der Waals surface area contributed by atoms with Crippen LogP contribution in [0, 0.1) is 0 Å². The average Bonchev–Trinajstić information content (AvgIpc) is 2.97. The quantitative estimate of drug-likeness (QED) is 0.346. The van der Waals surface area contributed by atoms with Crippen molar-refractivity contribution in [1.29, 1.82) is 0 Å². The van der Waals surface area contributed by atoms with E-state index in [0.717, 1.165) is 19.9 Å². The van der Waals surface area contributed by atoms with E-state index in [-0.39, 0.29) is 30.3 Å². The van der Waals surface area contributed by atoms with Gasteiger partial charge in [-0.1, -0.05) is 58.4 Å². The maximum atomic E-state index is 14.1. The van der Waals surface area contributed by atoms with Crippen molar-refractivity contribution in [3.8, 4) is 11.5 Å². The molecule has 4 rings (SSSR count). The van der Waals surface area contributed by atoms with Crippen LogP contribution in [-0.4, -0.2) is 63.7 Å². The molecule has 11 heteroatoms. The summed E-state index contributed by atoms with van der Waals surface area (Å²) < 4.78 is 39.7. The van der Waals surface area contributed by atoms with Crippen LogP contribution >= 0.6 is 15.9 Å². The zero-order valence-electron chi connectivity index (χ0n) is 22.4. The highest BCUT2D eigenvalue weighted by molar-refractivity contribution is 9.10. The van der Waals surface area contributed by atoms with E-state index in [2.05, 4.69) is 21.2 Å². The minimum atomic E-state index is -3.88. The summed E-state index contributed by atoms with van der Waals surface area (Å²) in [7, 11) is -2.36. The van der Waals surface area contributed by atoms with Crippen molar-refractivity contribution in [1.82, 2.24) is 10.2 Å². The highest BCUT2D eigenvalue weighted by Gasteiger charge is 2.33. The molecular formula is C29H32BrN3O6S. The molecule has 0 saturated carbocycles. The van der Waals surface area contributed by atoms with E-state index in [0.29, 0.717) is 24.7 Å².